The number of aromatic nitrogens is 2. The topological polar surface area (TPSA) is 43.8 Å². The van der Waals surface area contributed by atoms with Gasteiger partial charge in [0.2, 0.25) is 0 Å². The maximum Gasteiger partial charge on any atom is 0.0635 e. The standard InChI is InChI=1S/C9H16BrN3/c1-6(2)9-8(10)5-12-13(9)7(3)4-11/h5-7H,4,11H2,1-3H3. The Balaban J connectivity index is 3.07. The molecule has 0 spiro atoms. The summed E-state index contributed by atoms with van der Waals surface area (Å²) in [6.07, 6.45) is 1.83. The first-order valence-corrected chi connectivity index (χ1v) is 5.30. The van der Waals surface area contributed by atoms with E-state index in [1.807, 2.05) is 10.9 Å². The van der Waals surface area contributed by atoms with Crippen LogP contribution in [0.25, 0.3) is 0 Å². The molecule has 74 valence electrons. The fourth-order valence-corrected chi connectivity index (χ4v) is 2.07. The number of hydrogen-bond acceptors (Lipinski definition) is 2. The first kappa shape index (κ1) is 10.7. The summed E-state index contributed by atoms with van der Waals surface area (Å²) in [6.45, 7) is 7.00. The summed E-state index contributed by atoms with van der Waals surface area (Å²) in [7, 11) is 0. The fraction of sp³-hybridized carbons (Fsp3) is 0.667. The van der Waals surface area contributed by atoms with Gasteiger partial charge in [-0.15, -0.1) is 0 Å². The normalized spacial score (nSPS) is 13.7. The van der Waals surface area contributed by atoms with Crippen LogP contribution in [0.5, 0.6) is 0 Å². The van der Waals surface area contributed by atoms with Crippen LogP contribution in [-0.2, 0) is 0 Å². The Labute approximate surface area is 87.4 Å². The quantitative estimate of drug-likeness (QED) is 0.889. The van der Waals surface area contributed by atoms with Gasteiger partial charge in [0.1, 0.15) is 0 Å². The lowest BCUT2D eigenvalue weighted by Gasteiger charge is -2.16. The minimum Gasteiger partial charge on any atom is -0.328 e. The molecule has 0 saturated carbocycles. The monoisotopic (exact) mass is 245 g/mol. The Kier molecular flexibility index (Phi) is 3.50. The van der Waals surface area contributed by atoms with Crippen molar-refractivity contribution in [1.82, 2.24) is 9.78 Å². The van der Waals surface area contributed by atoms with Crippen LogP contribution in [0.2, 0.25) is 0 Å². The van der Waals surface area contributed by atoms with Crippen LogP contribution < -0.4 is 5.73 Å². The van der Waals surface area contributed by atoms with E-state index < -0.39 is 0 Å². The summed E-state index contributed by atoms with van der Waals surface area (Å²) < 4.78 is 3.07. The molecule has 0 aliphatic carbocycles. The molecule has 1 heterocycles. The SMILES string of the molecule is CC(C)c1c(Br)cnn1C(C)CN. The zero-order chi connectivity index (χ0) is 10.0. The lowest BCUT2D eigenvalue weighted by Crippen LogP contribution is -2.19. The molecule has 0 radical (unpaired) electrons. The molecule has 4 heteroatoms. The molecule has 1 rings (SSSR count). The second kappa shape index (κ2) is 4.24. The minimum atomic E-state index is 0.267. The lowest BCUT2D eigenvalue weighted by atomic mass is 10.1. The van der Waals surface area contributed by atoms with Crippen LogP contribution in [0.3, 0.4) is 0 Å². The van der Waals surface area contributed by atoms with E-state index in [4.69, 9.17) is 5.73 Å². The Bertz CT molecular complexity index is 280. The van der Waals surface area contributed by atoms with Gasteiger partial charge in [-0.3, -0.25) is 4.68 Å². The second-order valence-corrected chi connectivity index (χ2v) is 4.42. The van der Waals surface area contributed by atoms with Gasteiger partial charge in [0.15, 0.2) is 0 Å². The minimum absolute atomic E-state index is 0.267. The van der Waals surface area contributed by atoms with Gasteiger partial charge >= 0.3 is 0 Å². The molecule has 0 fully saturated rings. The highest BCUT2D eigenvalue weighted by atomic mass is 79.9. The van der Waals surface area contributed by atoms with Gasteiger partial charge in [-0.25, -0.2) is 0 Å². The van der Waals surface area contributed by atoms with Crippen LogP contribution in [-0.4, -0.2) is 16.3 Å². The van der Waals surface area contributed by atoms with Gasteiger partial charge in [-0.1, -0.05) is 13.8 Å². The van der Waals surface area contributed by atoms with Gasteiger partial charge in [0.25, 0.3) is 0 Å². The molecule has 0 aromatic carbocycles. The Morgan fingerprint density at radius 3 is 2.62 bits per heavy atom. The van der Waals surface area contributed by atoms with E-state index in [2.05, 4.69) is 41.8 Å². The van der Waals surface area contributed by atoms with E-state index in [0.29, 0.717) is 12.5 Å². The molecule has 13 heavy (non-hydrogen) atoms. The van der Waals surface area contributed by atoms with Crippen LogP contribution >= 0.6 is 15.9 Å². The second-order valence-electron chi connectivity index (χ2n) is 3.56. The molecule has 1 unspecified atom stereocenters. The predicted molar refractivity (Wildman–Crippen MR) is 57.8 cm³/mol. The number of hydrogen-bond donors (Lipinski definition) is 1. The molecule has 2 N–H and O–H groups in total. The van der Waals surface area contributed by atoms with E-state index >= 15 is 0 Å². The zero-order valence-electron chi connectivity index (χ0n) is 8.29. The molecule has 0 saturated heterocycles. The van der Waals surface area contributed by atoms with Gasteiger partial charge in [-0.2, -0.15) is 5.10 Å². The molecule has 1 aromatic rings. The lowest BCUT2D eigenvalue weighted by molar-refractivity contribution is 0.471. The first-order valence-electron chi connectivity index (χ1n) is 4.50. The Hall–Kier alpha value is -0.350. The maximum atomic E-state index is 5.61. The molecule has 1 atom stereocenters. The number of halogens is 1. The van der Waals surface area contributed by atoms with E-state index in [1.165, 1.54) is 5.69 Å². The summed E-state index contributed by atoms with van der Waals surface area (Å²) in [4.78, 5) is 0. The van der Waals surface area contributed by atoms with E-state index in [1.54, 1.807) is 0 Å². The van der Waals surface area contributed by atoms with Crippen molar-refractivity contribution in [3.05, 3.63) is 16.4 Å². The van der Waals surface area contributed by atoms with Crippen LogP contribution in [0.1, 0.15) is 38.4 Å². The molecule has 0 bridgehead atoms. The van der Waals surface area contributed by atoms with Crippen LogP contribution in [0.4, 0.5) is 0 Å². The largest absolute Gasteiger partial charge is 0.328 e. The van der Waals surface area contributed by atoms with Crippen molar-refractivity contribution in [2.24, 2.45) is 5.73 Å². The number of nitrogens with two attached hydrogens (primary N) is 1. The van der Waals surface area contributed by atoms with E-state index in [-0.39, 0.29) is 6.04 Å². The van der Waals surface area contributed by atoms with E-state index in [0.717, 1.165) is 4.47 Å². The van der Waals surface area contributed by atoms with Gasteiger partial charge in [0, 0.05) is 6.54 Å². The number of rotatable bonds is 3. The Morgan fingerprint density at radius 1 is 1.54 bits per heavy atom. The Morgan fingerprint density at radius 2 is 2.15 bits per heavy atom. The fourth-order valence-electron chi connectivity index (χ4n) is 1.34. The highest BCUT2D eigenvalue weighted by molar-refractivity contribution is 9.10. The molecular weight excluding hydrogens is 230 g/mol. The molecule has 3 nitrogen and oxygen atoms in total. The maximum absolute atomic E-state index is 5.61. The highest BCUT2D eigenvalue weighted by Gasteiger charge is 2.15. The van der Waals surface area contributed by atoms with Crippen molar-refractivity contribution in [2.45, 2.75) is 32.7 Å². The average molecular weight is 246 g/mol. The molecule has 1 aromatic heterocycles. The van der Waals surface area contributed by atoms with Crippen molar-refractivity contribution in [3.63, 3.8) is 0 Å². The molecule has 0 aliphatic rings. The highest BCUT2D eigenvalue weighted by Crippen LogP contribution is 2.26. The van der Waals surface area contributed by atoms with Crippen molar-refractivity contribution in [2.75, 3.05) is 6.54 Å². The van der Waals surface area contributed by atoms with Crippen molar-refractivity contribution in [1.29, 1.82) is 0 Å². The molecule has 0 amide bonds. The van der Waals surface area contributed by atoms with Crippen LogP contribution in [0, 0.1) is 0 Å². The first-order chi connectivity index (χ1) is 6.07. The smallest absolute Gasteiger partial charge is 0.0635 e. The third-order valence-electron chi connectivity index (χ3n) is 2.09. The van der Waals surface area contributed by atoms with Crippen molar-refractivity contribution < 1.29 is 0 Å². The summed E-state index contributed by atoms with van der Waals surface area (Å²) in [6, 6.07) is 0.267. The van der Waals surface area contributed by atoms with Gasteiger partial charge in [-0.05, 0) is 28.8 Å². The van der Waals surface area contributed by atoms with E-state index in [9.17, 15) is 0 Å². The summed E-state index contributed by atoms with van der Waals surface area (Å²) in [5.41, 5.74) is 6.83. The molecular formula is C9H16BrN3. The van der Waals surface area contributed by atoms with Gasteiger partial charge in [0.05, 0.1) is 22.4 Å². The average Bonchev–Trinajstić information content (AvgIpc) is 2.45. The van der Waals surface area contributed by atoms with Crippen molar-refractivity contribution >= 4 is 15.9 Å². The molecule has 0 aliphatic heterocycles. The zero-order valence-corrected chi connectivity index (χ0v) is 9.87. The summed E-state index contributed by atoms with van der Waals surface area (Å²) in [5, 5.41) is 4.30. The van der Waals surface area contributed by atoms with Crippen LogP contribution in [0.15, 0.2) is 10.7 Å². The number of nitrogens with zero attached hydrogens (tertiary/aromatic N) is 2. The third kappa shape index (κ3) is 2.11. The summed E-state index contributed by atoms with van der Waals surface area (Å²) in [5.74, 6) is 0.464. The van der Waals surface area contributed by atoms with Crippen molar-refractivity contribution in [3.8, 4) is 0 Å². The third-order valence-corrected chi connectivity index (χ3v) is 2.70. The predicted octanol–water partition coefficient (Wildman–Crippen LogP) is 2.29. The summed E-state index contributed by atoms with van der Waals surface area (Å²) >= 11 is 3.49. The van der Waals surface area contributed by atoms with Gasteiger partial charge < -0.3 is 5.73 Å².